The highest BCUT2D eigenvalue weighted by Gasteiger charge is 2.29. The molecule has 0 spiro atoms. The minimum Gasteiger partial charge on any atom is -0.481 e. The molecule has 0 saturated carbocycles. The largest absolute Gasteiger partial charge is 0.481 e. The SMILES string of the molecule is CCOC(=O)COc1cccc2c1C(CC(N)=O)=C(CC)/C2=C/c1ccccc1. The maximum absolute atomic E-state index is 11.8. The monoisotopic (exact) mass is 391 g/mol. The van der Waals surface area contributed by atoms with Gasteiger partial charge in [-0.3, -0.25) is 4.79 Å². The Kier molecular flexibility index (Phi) is 6.50. The van der Waals surface area contributed by atoms with Gasteiger partial charge in [-0.25, -0.2) is 4.79 Å². The summed E-state index contributed by atoms with van der Waals surface area (Å²) in [6, 6.07) is 15.7. The number of hydrogen-bond acceptors (Lipinski definition) is 4. The van der Waals surface area contributed by atoms with Gasteiger partial charge in [-0.2, -0.15) is 0 Å². The molecule has 1 aliphatic carbocycles. The van der Waals surface area contributed by atoms with Crippen LogP contribution in [-0.2, 0) is 14.3 Å². The zero-order valence-electron chi connectivity index (χ0n) is 16.7. The summed E-state index contributed by atoms with van der Waals surface area (Å²) in [5.74, 6) is -0.286. The van der Waals surface area contributed by atoms with Crippen molar-refractivity contribution in [2.24, 2.45) is 5.73 Å². The van der Waals surface area contributed by atoms with Crippen molar-refractivity contribution in [1.29, 1.82) is 0 Å². The standard InChI is InChI=1S/C24H25NO4/c1-3-17-19(13-16-9-6-5-7-10-16)18-11-8-12-21(29-15-23(27)28-4-2)24(18)20(17)14-22(25)26/h5-13H,3-4,14-15H2,1-2H3,(H2,25,26)/b19-13-. The molecular formula is C24H25NO4. The zero-order chi connectivity index (χ0) is 20.8. The lowest BCUT2D eigenvalue weighted by molar-refractivity contribution is -0.145. The van der Waals surface area contributed by atoms with Gasteiger partial charge in [0.2, 0.25) is 5.91 Å². The van der Waals surface area contributed by atoms with Crippen molar-refractivity contribution in [2.75, 3.05) is 13.2 Å². The second kappa shape index (κ2) is 9.24. The fourth-order valence-electron chi connectivity index (χ4n) is 3.66. The lowest BCUT2D eigenvalue weighted by Gasteiger charge is -2.13. The molecule has 0 fully saturated rings. The normalized spacial score (nSPS) is 14.1. The minimum absolute atomic E-state index is 0.113. The van der Waals surface area contributed by atoms with Crippen LogP contribution in [0, 0.1) is 0 Å². The molecule has 5 nitrogen and oxygen atoms in total. The molecule has 2 aromatic carbocycles. The smallest absolute Gasteiger partial charge is 0.344 e. The number of rotatable bonds is 8. The van der Waals surface area contributed by atoms with Crippen LogP contribution in [0.2, 0.25) is 0 Å². The number of primary amides is 1. The first kappa shape index (κ1) is 20.4. The van der Waals surface area contributed by atoms with E-state index >= 15 is 0 Å². The van der Waals surface area contributed by atoms with Gasteiger partial charge in [0.25, 0.3) is 0 Å². The third-order valence-corrected chi connectivity index (χ3v) is 4.77. The Bertz CT molecular complexity index is 974. The van der Waals surface area contributed by atoms with Gasteiger partial charge in [0.1, 0.15) is 5.75 Å². The van der Waals surface area contributed by atoms with Gasteiger partial charge in [0, 0.05) is 5.56 Å². The maximum atomic E-state index is 11.8. The van der Waals surface area contributed by atoms with Crippen LogP contribution in [0.5, 0.6) is 5.75 Å². The van der Waals surface area contributed by atoms with Gasteiger partial charge in [-0.05, 0) is 53.3 Å². The van der Waals surface area contributed by atoms with Crippen molar-refractivity contribution in [3.8, 4) is 5.75 Å². The minimum atomic E-state index is -0.431. The molecule has 0 saturated heterocycles. The van der Waals surface area contributed by atoms with Crippen LogP contribution in [0.3, 0.4) is 0 Å². The number of benzene rings is 2. The van der Waals surface area contributed by atoms with E-state index < -0.39 is 11.9 Å². The Morgan fingerprint density at radius 2 is 1.76 bits per heavy atom. The number of esters is 1. The second-order valence-corrected chi connectivity index (χ2v) is 6.69. The molecule has 29 heavy (non-hydrogen) atoms. The zero-order valence-corrected chi connectivity index (χ0v) is 16.7. The number of carbonyl (C=O) groups excluding carboxylic acids is 2. The summed E-state index contributed by atoms with van der Waals surface area (Å²) >= 11 is 0. The van der Waals surface area contributed by atoms with Crippen LogP contribution in [0.25, 0.3) is 17.2 Å². The number of amides is 1. The molecule has 0 aromatic heterocycles. The highest BCUT2D eigenvalue weighted by Crippen LogP contribution is 2.48. The van der Waals surface area contributed by atoms with Gasteiger partial charge in [0.15, 0.2) is 6.61 Å². The summed E-state index contributed by atoms with van der Waals surface area (Å²) in [6.45, 7) is 3.92. The molecule has 5 heteroatoms. The van der Waals surface area contributed by atoms with E-state index in [2.05, 4.69) is 13.0 Å². The summed E-state index contributed by atoms with van der Waals surface area (Å²) in [6.07, 6.45) is 2.97. The number of nitrogens with two attached hydrogens (primary N) is 1. The Labute approximate surface area is 170 Å². The quantitative estimate of drug-likeness (QED) is 0.683. The predicted molar refractivity (Wildman–Crippen MR) is 114 cm³/mol. The molecule has 0 atom stereocenters. The molecule has 0 radical (unpaired) electrons. The summed E-state index contributed by atoms with van der Waals surface area (Å²) < 4.78 is 10.7. The van der Waals surface area contributed by atoms with Crippen LogP contribution in [0.1, 0.15) is 43.4 Å². The van der Waals surface area contributed by atoms with Gasteiger partial charge < -0.3 is 15.2 Å². The molecule has 1 amide bonds. The number of allylic oxidation sites excluding steroid dienone is 2. The van der Waals surface area contributed by atoms with Crippen LogP contribution in [0.15, 0.2) is 54.1 Å². The van der Waals surface area contributed by atoms with E-state index in [1.54, 1.807) is 13.0 Å². The van der Waals surface area contributed by atoms with E-state index in [0.717, 1.165) is 39.8 Å². The molecule has 2 aromatic rings. The van der Waals surface area contributed by atoms with Crippen molar-refractivity contribution >= 4 is 29.1 Å². The number of hydrogen-bond donors (Lipinski definition) is 1. The van der Waals surface area contributed by atoms with Gasteiger partial charge in [-0.15, -0.1) is 0 Å². The first-order chi connectivity index (χ1) is 14.0. The number of ether oxygens (including phenoxy) is 2. The lowest BCUT2D eigenvalue weighted by atomic mass is 9.98. The topological polar surface area (TPSA) is 78.6 Å². The lowest BCUT2D eigenvalue weighted by Crippen LogP contribution is -2.15. The number of fused-ring (bicyclic) bond motifs is 1. The maximum Gasteiger partial charge on any atom is 0.344 e. The summed E-state index contributed by atoms with van der Waals surface area (Å²) in [5.41, 5.74) is 11.4. The highest BCUT2D eigenvalue weighted by molar-refractivity contribution is 6.09. The van der Waals surface area contributed by atoms with Crippen molar-refractivity contribution in [2.45, 2.75) is 26.7 Å². The van der Waals surface area contributed by atoms with E-state index in [-0.39, 0.29) is 13.0 Å². The third-order valence-electron chi connectivity index (χ3n) is 4.77. The first-order valence-electron chi connectivity index (χ1n) is 9.74. The Morgan fingerprint density at radius 1 is 1.00 bits per heavy atom. The van der Waals surface area contributed by atoms with Crippen molar-refractivity contribution in [3.05, 3.63) is 70.8 Å². The molecule has 0 bridgehead atoms. The van der Waals surface area contributed by atoms with Gasteiger partial charge in [0.05, 0.1) is 13.0 Å². The Hall–Kier alpha value is -3.34. The molecule has 0 unspecified atom stereocenters. The second-order valence-electron chi connectivity index (χ2n) is 6.69. The summed E-state index contributed by atoms with van der Waals surface area (Å²) in [7, 11) is 0. The van der Waals surface area contributed by atoms with Crippen molar-refractivity contribution < 1.29 is 19.1 Å². The van der Waals surface area contributed by atoms with Crippen LogP contribution >= 0.6 is 0 Å². The van der Waals surface area contributed by atoms with Crippen molar-refractivity contribution in [3.63, 3.8) is 0 Å². The first-order valence-corrected chi connectivity index (χ1v) is 9.74. The Morgan fingerprint density at radius 3 is 2.41 bits per heavy atom. The van der Waals surface area contributed by atoms with Crippen LogP contribution in [-0.4, -0.2) is 25.1 Å². The fraction of sp³-hybridized carbons (Fsp3) is 0.250. The Balaban J connectivity index is 2.10. The van der Waals surface area contributed by atoms with E-state index in [4.69, 9.17) is 15.2 Å². The van der Waals surface area contributed by atoms with E-state index in [1.807, 2.05) is 42.5 Å². The molecular weight excluding hydrogens is 366 g/mol. The summed E-state index contributed by atoms with van der Waals surface area (Å²) in [4.78, 5) is 23.6. The predicted octanol–water partition coefficient (Wildman–Crippen LogP) is 4.22. The molecule has 0 heterocycles. The third kappa shape index (κ3) is 4.57. The molecule has 1 aliphatic rings. The van der Waals surface area contributed by atoms with E-state index in [1.165, 1.54) is 0 Å². The molecule has 150 valence electrons. The molecule has 2 N–H and O–H groups in total. The molecule has 0 aliphatic heterocycles. The van der Waals surface area contributed by atoms with E-state index in [9.17, 15) is 9.59 Å². The average Bonchev–Trinajstić information content (AvgIpc) is 3.00. The van der Waals surface area contributed by atoms with E-state index in [0.29, 0.717) is 12.4 Å². The average molecular weight is 391 g/mol. The number of carbonyl (C=O) groups is 2. The van der Waals surface area contributed by atoms with Gasteiger partial charge >= 0.3 is 5.97 Å². The van der Waals surface area contributed by atoms with Crippen molar-refractivity contribution in [1.82, 2.24) is 0 Å². The van der Waals surface area contributed by atoms with Gasteiger partial charge in [-0.1, -0.05) is 49.4 Å². The van der Waals surface area contributed by atoms with Crippen LogP contribution in [0.4, 0.5) is 0 Å². The highest BCUT2D eigenvalue weighted by atomic mass is 16.6. The fourth-order valence-corrected chi connectivity index (χ4v) is 3.66. The molecule has 3 rings (SSSR count). The summed E-state index contributed by atoms with van der Waals surface area (Å²) in [5, 5.41) is 0. The van der Waals surface area contributed by atoms with Crippen LogP contribution < -0.4 is 10.5 Å².